The van der Waals surface area contributed by atoms with Crippen LogP contribution in [0, 0.1) is 17.8 Å². The van der Waals surface area contributed by atoms with Gasteiger partial charge in [0.2, 0.25) is 5.91 Å². The Balaban J connectivity index is 0.00000240. The number of carbonyl (C=O) groups is 1. The summed E-state index contributed by atoms with van der Waals surface area (Å²) in [6.07, 6.45) is 10.3. The zero-order valence-corrected chi connectivity index (χ0v) is 20.3. The van der Waals surface area contributed by atoms with E-state index in [1.54, 1.807) is 0 Å². The minimum absolute atomic E-state index is 0. The Morgan fingerprint density at radius 1 is 1.00 bits per heavy atom. The summed E-state index contributed by atoms with van der Waals surface area (Å²) < 4.78 is 5.38. The molecule has 2 saturated carbocycles. The number of aliphatic imine (C=N–C) groups is 1. The largest absolute Gasteiger partial charge is 0.378 e. The van der Waals surface area contributed by atoms with Crippen LogP contribution < -0.4 is 5.32 Å². The lowest BCUT2D eigenvalue weighted by molar-refractivity contribution is -0.140. The van der Waals surface area contributed by atoms with Crippen molar-refractivity contribution in [3.8, 4) is 0 Å². The zero-order valence-electron chi connectivity index (χ0n) is 18.0. The van der Waals surface area contributed by atoms with E-state index < -0.39 is 0 Å². The van der Waals surface area contributed by atoms with Gasteiger partial charge in [-0.1, -0.05) is 32.1 Å². The highest BCUT2D eigenvalue weighted by Gasteiger charge is 2.44. The molecule has 0 bridgehead atoms. The van der Waals surface area contributed by atoms with Gasteiger partial charge in [-0.05, 0) is 38.0 Å². The number of halogens is 1. The first-order chi connectivity index (χ1) is 13.8. The van der Waals surface area contributed by atoms with Crippen molar-refractivity contribution in [3.63, 3.8) is 0 Å². The molecular weight excluding hydrogens is 479 g/mol. The minimum atomic E-state index is 0. The van der Waals surface area contributed by atoms with Crippen LogP contribution >= 0.6 is 24.0 Å². The van der Waals surface area contributed by atoms with Crippen LogP contribution in [-0.4, -0.2) is 73.6 Å². The van der Waals surface area contributed by atoms with Crippen molar-refractivity contribution in [2.75, 3.05) is 45.9 Å². The minimum Gasteiger partial charge on any atom is -0.378 e. The summed E-state index contributed by atoms with van der Waals surface area (Å²) in [6, 6.07) is 0.626. The maximum Gasteiger partial charge on any atom is 0.225 e. The van der Waals surface area contributed by atoms with E-state index in [1.165, 1.54) is 38.5 Å². The number of likely N-dealkylation sites (tertiary alicyclic amines) is 1. The fourth-order valence-corrected chi connectivity index (χ4v) is 5.40. The molecule has 4 aliphatic rings. The molecule has 1 N–H and O–H groups in total. The van der Waals surface area contributed by atoms with E-state index in [9.17, 15) is 4.79 Å². The van der Waals surface area contributed by atoms with Gasteiger partial charge in [-0.25, -0.2) is 0 Å². The maximum absolute atomic E-state index is 12.8. The fourth-order valence-electron chi connectivity index (χ4n) is 5.40. The molecule has 2 unspecified atom stereocenters. The number of nitrogens with zero attached hydrogens (tertiary/aromatic N) is 3. The van der Waals surface area contributed by atoms with Crippen molar-refractivity contribution in [1.82, 2.24) is 15.1 Å². The van der Waals surface area contributed by atoms with Gasteiger partial charge < -0.3 is 19.9 Å². The van der Waals surface area contributed by atoms with Gasteiger partial charge in [-0.3, -0.25) is 9.79 Å². The number of rotatable bonds is 4. The van der Waals surface area contributed by atoms with Gasteiger partial charge in [-0.15, -0.1) is 24.0 Å². The van der Waals surface area contributed by atoms with Crippen molar-refractivity contribution in [2.24, 2.45) is 22.7 Å². The van der Waals surface area contributed by atoms with Gasteiger partial charge in [-0.2, -0.15) is 0 Å². The number of nitrogens with one attached hydrogen (secondary N) is 1. The van der Waals surface area contributed by atoms with E-state index in [-0.39, 0.29) is 29.9 Å². The summed E-state index contributed by atoms with van der Waals surface area (Å²) in [6.45, 7) is 7.69. The second-order valence-corrected chi connectivity index (χ2v) is 9.05. The van der Waals surface area contributed by atoms with Crippen LogP contribution in [0.2, 0.25) is 0 Å². The van der Waals surface area contributed by atoms with E-state index in [0.717, 1.165) is 63.4 Å². The summed E-state index contributed by atoms with van der Waals surface area (Å²) in [7, 11) is 0. The number of hydrogen-bond acceptors (Lipinski definition) is 3. The van der Waals surface area contributed by atoms with Crippen molar-refractivity contribution in [2.45, 2.75) is 64.3 Å². The predicted molar refractivity (Wildman–Crippen MR) is 127 cm³/mol. The molecule has 0 aromatic carbocycles. The Hall–Kier alpha value is -0.570. The fraction of sp³-hybridized carbons (Fsp3) is 0.909. The number of morpholine rings is 1. The molecule has 2 heterocycles. The number of piperidine rings is 1. The second-order valence-electron chi connectivity index (χ2n) is 9.05. The Bertz CT molecular complexity index is 553. The quantitative estimate of drug-likeness (QED) is 0.353. The molecule has 4 rings (SSSR count). The van der Waals surface area contributed by atoms with E-state index in [4.69, 9.17) is 9.73 Å². The highest BCUT2D eigenvalue weighted by Crippen LogP contribution is 2.44. The number of hydrogen-bond donors (Lipinski definition) is 1. The molecule has 2 atom stereocenters. The number of ether oxygens (including phenoxy) is 1. The lowest BCUT2D eigenvalue weighted by Crippen LogP contribution is -2.50. The molecule has 7 heteroatoms. The van der Waals surface area contributed by atoms with Crippen LogP contribution in [0.4, 0.5) is 0 Å². The van der Waals surface area contributed by atoms with Gasteiger partial charge in [0.25, 0.3) is 0 Å². The lowest BCUT2D eigenvalue weighted by atomic mass is 9.85. The molecule has 1 amide bonds. The van der Waals surface area contributed by atoms with Gasteiger partial charge in [0, 0.05) is 44.7 Å². The summed E-state index contributed by atoms with van der Waals surface area (Å²) in [5.41, 5.74) is 0. The Kier molecular flexibility index (Phi) is 8.89. The molecule has 0 radical (unpaired) electrons. The normalized spacial score (nSPS) is 29.3. The van der Waals surface area contributed by atoms with E-state index in [1.807, 2.05) is 4.90 Å². The lowest BCUT2D eigenvalue weighted by Gasteiger charge is -2.37. The number of guanidine groups is 1. The van der Waals surface area contributed by atoms with Gasteiger partial charge in [0.05, 0.1) is 13.2 Å². The molecule has 0 spiro atoms. The SMILES string of the molecule is CCN=C(NC1CC1C1CCCCC1)N1CCC(C(=O)N2CCOCC2)CC1.I. The maximum atomic E-state index is 12.8. The molecule has 2 saturated heterocycles. The highest BCUT2D eigenvalue weighted by molar-refractivity contribution is 14.0. The van der Waals surface area contributed by atoms with Crippen LogP contribution in [0.1, 0.15) is 58.3 Å². The molecule has 0 aromatic rings. The molecule has 29 heavy (non-hydrogen) atoms. The average molecular weight is 518 g/mol. The molecular formula is C22H39IN4O2. The van der Waals surface area contributed by atoms with Crippen LogP contribution in [0.3, 0.4) is 0 Å². The number of carbonyl (C=O) groups excluding carboxylic acids is 1. The highest BCUT2D eigenvalue weighted by atomic mass is 127. The standard InChI is InChI=1S/C22H38N4O2.HI/c1-2-23-22(24-20-16-19(20)17-6-4-3-5-7-17)26-10-8-18(9-11-26)21(27)25-12-14-28-15-13-25;/h17-20H,2-16H2,1H3,(H,23,24);1H. The smallest absolute Gasteiger partial charge is 0.225 e. The third kappa shape index (κ3) is 5.99. The number of amides is 1. The zero-order chi connectivity index (χ0) is 19.3. The first-order valence-electron chi connectivity index (χ1n) is 11.7. The first kappa shape index (κ1) is 23.1. The second kappa shape index (κ2) is 11.2. The molecule has 2 aliphatic carbocycles. The Morgan fingerprint density at radius 3 is 2.34 bits per heavy atom. The van der Waals surface area contributed by atoms with Crippen molar-refractivity contribution < 1.29 is 9.53 Å². The van der Waals surface area contributed by atoms with E-state index in [0.29, 0.717) is 25.2 Å². The van der Waals surface area contributed by atoms with Crippen molar-refractivity contribution in [3.05, 3.63) is 0 Å². The molecule has 2 aliphatic heterocycles. The summed E-state index contributed by atoms with van der Waals surface area (Å²) in [4.78, 5) is 21.9. The van der Waals surface area contributed by atoms with Gasteiger partial charge in [0.1, 0.15) is 0 Å². The van der Waals surface area contributed by atoms with Gasteiger partial charge >= 0.3 is 0 Å². The predicted octanol–water partition coefficient (Wildman–Crippen LogP) is 3.11. The molecule has 6 nitrogen and oxygen atoms in total. The van der Waals surface area contributed by atoms with Crippen molar-refractivity contribution in [1.29, 1.82) is 0 Å². The summed E-state index contributed by atoms with van der Waals surface area (Å²) in [5, 5.41) is 3.78. The van der Waals surface area contributed by atoms with Gasteiger partial charge in [0.15, 0.2) is 5.96 Å². The van der Waals surface area contributed by atoms with Crippen LogP contribution in [0.5, 0.6) is 0 Å². The third-order valence-electron chi connectivity index (χ3n) is 7.18. The first-order valence-corrected chi connectivity index (χ1v) is 11.7. The van der Waals surface area contributed by atoms with E-state index >= 15 is 0 Å². The van der Waals surface area contributed by atoms with Crippen LogP contribution in [0.25, 0.3) is 0 Å². The summed E-state index contributed by atoms with van der Waals surface area (Å²) >= 11 is 0. The van der Waals surface area contributed by atoms with Crippen molar-refractivity contribution >= 4 is 35.8 Å². The van der Waals surface area contributed by atoms with Crippen LogP contribution in [-0.2, 0) is 9.53 Å². The molecule has 4 fully saturated rings. The summed E-state index contributed by atoms with van der Waals surface area (Å²) in [5.74, 6) is 3.40. The molecule has 166 valence electrons. The topological polar surface area (TPSA) is 57.2 Å². The Labute approximate surface area is 193 Å². The monoisotopic (exact) mass is 518 g/mol. The van der Waals surface area contributed by atoms with Crippen LogP contribution in [0.15, 0.2) is 4.99 Å². The Morgan fingerprint density at radius 2 is 1.69 bits per heavy atom. The average Bonchev–Trinajstić information content (AvgIpc) is 3.54. The third-order valence-corrected chi connectivity index (χ3v) is 7.18. The van der Waals surface area contributed by atoms with E-state index in [2.05, 4.69) is 17.1 Å². The molecule has 0 aromatic heterocycles.